The summed E-state index contributed by atoms with van der Waals surface area (Å²) in [7, 11) is 0. The van der Waals surface area contributed by atoms with Crippen molar-refractivity contribution < 1.29 is 19.0 Å². The molecule has 0 radical (unpaired) electrons. The number of para-hydroxylation sites is 1. The van der Waals surface area contributed by atoms with Crippen molar-refractivity contribution in [3.05, 3.63) is 56.9 Å². The van der Waals surface area contributed by atoms with Gasteiger partial charge < -0.3 is 19.5 Å². The standard InChI is InChI=1S/C21H20Cl2N2O4S/c1-2-27-17-11-13(12-18-20(26)25-21(24)30-18)10-15(23)19(17)29-9-5-8-28-16-7-4-3-6-14(16)22/h3-4,6-7,10-12H,2,5,8-9H2,1H3,(H2,24,25,26). The van der Waals surface area contributed by atoms with E-state index < -0.39 is 0 Å². The molecule has 158 valence electrons. The van der Waals surface area contributed by atoms with Gasteiger partial charge in [0.1, 0.15) is 5.75 Å². The molecular weight excluding hydrogens is 447 g/mol. The van der Waals surface area contributed by atoms with Crippen LogP contribution in [0.5, 0.6) is 17.2 Å². The van der Waals surface area contributed by atoms with Crippen molar-refractivity contribution in [2.45, 2.75) is 13.3 Å². The van der Waals surface area contributed by atoms with E-state index in [0.717, 1.165) is 11.8 Å². The third-order valence-corrected chi connectivity index (χ3v) is 5.34. The van der Waals surface area contributed by atoms with Crippen LogP contribution < -0.4 is 19.5 Å². The minimum Gasteiger partial charge on any atom is -0.492 e. The van der Waals surface area contributed by atoms with Gasteiger partial charge in [-0.25, -0.2) is 0 Å². The number of thioether (sulfide) groups is 1. The topological polar surface area (TPSA) is 80.6 Å². The van der Waals surface area contributed by atoms with E-state index >= 15 is 0 Å². The Hall–Kier alpha value is -2.35. The number of amidine groups is 1. The number of benzene rings is 2. The summed E-state index contributed by atoms with van der Waals surface area (Å²) in [4.78, 5) is 12.2. The molecule has 2 aromatic rings. The van der Waals surface area contributed by atoms with Gasteiger partial charge in [-0.05, 0) is 54.6 Å². The van der Waals surface area contributed by atoms with Crippen LogP contribution in [0, 0.1) is 5.41 Å². The number of rotatable bonds is 9. The Morgan fingerprint density at radius 3 is 2.53 bits per heavy atom. The summed E-state index contributed by atoms with van der Waals surface area (Å²) in [5, 5.41) is 11.0. The second kappa shape index (κ2) is 10.6. The second-order valence-electron chi connectivity index (χ2n) is 6.14. The molecule has 30 heavy (non-hydrogen) atoms. The Morgan fingerprint density at radius 2 is 1.83 bits per heavy atom. The van der Waals surface area contributed by atoms with Crippen LogP contribution in [0.15, 0.2) is 41.3 Å². The molecule has 1 amide bonds. The van der Waals surface area contributed by atoms with Crippen LogP contribution in [-0.2, 0) is 4.79 Å². The van der Waals surface area contributed by atoms with Gasteiger partial charge in [0.25, 0.3) is 5.91 Å². The van der Waals surface area contributed by atoms with E-state index in [1.165, 1.54) is 0 Å². The Labute approximate surface area is 189 Å². The molecule has 2 aromatic carbocycles. The highest BCUT2D eigenvalue weighted by molar-refractivity contribution is 8.18. The molecule has 2 N–H and O–H groups in total. The molecule has 0 spiro atoms. The summed E-state index contributed by atoms with van der Waals surface area (Å²) in [5.74, 6) is 1.25. The summed E-state index contributed by atoms with van der Waals surface area (Å²) >= 11 is 13.5. The van der Waals surface area contributed by atoms with Crippen LogP contribution in [0.3, 0.4) is 0 Å². The quantitative estimate of drug-likeness (QED) is 0.383. The van der Waals surface area contributed by atoms with E-state index in [4.69, 9.17) is 42.8 Å². The monoisotopic (exact) mass is 466 g/mol. The van der Waals surface area contributed by atoms with E-state index in [0.29, 0.717) is 64.0 Å². The van der Waals surface area contributed by atoms with Crippen molar-refractivity contribution in [1.82, 2.24) is 5.32 Å². The summed E-state index contributed by atoms with van der Waals surface area (Å²) in [6.07, 6.45) is 2.29. The van der Waals surface area contributed by atoms with E-state index in [2.05, 4.69) is 5.32 Å². The number of ether oxygens (including phenoxy) is 3. The number of carbonyl (C=O) groups is 1. The molecule has 1 aliphatic heterocycles. The number of nitrogens with one attached hydrogen (secondary N) is 2. The molecule has 1 heterocycles. The molecule has 1 fully saturated rings. The van der Waals surface area contributed by atoms with Crippen molar-refractivity contribution in [2.24, 2.45) is 0 Å². The largest absolute Gasteiger partial charge is 0.492 e. The van der Waals surface area contributed by atoms with Gasteiger partial charge in [0.2, 0.25) is 0 Å². The van der Waals surface area contributed by atoms with Crippen LogP contribution >= 0.6 is 35.0 Å². The molecule has 0 saturated carbocycles. The number of hydrogen-bond acceptors (Lipinski definition) is 6. The average Bonchev–Trinajstić information content (AvgIpc) is 3.01. The van der Waals surface area contributed by atoms with Crippen LogP contribution in [-0.4, -0.2) is 30.9 Å². The van der Waals surface area contributed by atoms with Crippen molar-refractivity contribution in [3.63, 3.8) is 0 Å². The van der Waals surface area contributed by atoms with Crippen LogP contribution in [0.2, 0.25) is 10.0 Å². The van der Waals surface area contributed by atoms with Crippen LogP contribution in [0.25, 0.3) is 6.08 Å². The lowest BCUT2D eigenvalue weighted by atomic mass is 10.2. The zero-order valence-corrected chi connectivity index (χ0v) is 18.5. The zero-order chi connectivity index (χ0) is 21.5. The maximum atomic E-state index is 11.8. The van der Waals surface area contributed by atoms with Gasteiger partial charge in [0.05, 0.1) is 34.8 Å². The van der Waals surface area contributed by atoms with Crippen molar-refractivity contribution in [2.75, 3.05) is 19.8 Å². The Balaban J connectivity index is 1.64. The lowest BCUT2D eigenvalue weighted by Crippen LogP contribution is -2.18. The molecule has 0 unspecified atom stereocenters. The minimum absolute atomic E-state index is 0.0985. The second-order valence-corrected chi connectivity index (χ2v) is 8.00. The molecule has 1 saturated heterocycles. The number of halogens is 2. The first kappa shape index (κ1) is 22.3. The highest BCUT2D eigenvalue weighted by atomic mass is 35.5. The third-order valence-electron chi connectivity index (χ3n) is 3.92. The molecule has 0 aliphatic carbocycles. The van der Waals surface area contributed by atoms with Gasteiger partial charge in [-0.3, -0.25) is 10.2 Å². The molecule has 0 aromatic heterocycles. The predicted octanol–water partition coefficient (Wildman–Crippen LogP) is 5.38. The van der Waals surface area contributed by atoms with Crippen molar-refractivity contribution in [1.29, 1.82) is 5.41 Å². The molecule has 3 rings (SSSR count). The zero-order valence-electron chi connectivity index (χ0n) is 16.2. The van der Waals surface area contributed by atoms with Gasteiger partial charge in [-0.1, -0.05) is 35.3 Å². The molecule has 9 heteroatoms. The smallest absolute Gasteiger partial charge is 0.264 e. The maximum Gasteiger partial charge on any atom is 0.264 e. The number of carbonyl (C=O) groups excluding carboxylic acids is 1. The van der Waals surface area contributed by atoms with E-state index in [1.54, 1.807) is 24.3 Å². The summed E-state index contributed by atoms with van der Waals surface area (Å²) in [6, 6.07) is 10.7. The van der Waals surface area contributed by atoms with Crippen molar-refractivity contribution >= 4 is 52.1 Å². The fraction of sp³-hybridized carbons (Fsp3) is 0.238. The fourth-order valence-corrected chi connectivity index (χ4v) is 3.81. The van der Waals surface area contributed by atoms with E-state index in [9.17, 15) is 4.79 Å². The normalized spacial score (nSPS) is 14.7. The van der Waals surface area contributed by atoms with Gasteiger partial charge in [-0.15, -0.1) is 0 Å². The first-order chi connectivity index (χ1) is 14.5. The first-order valence-corrected chi connectivity index (χ1v) is 10.8. The summed E-state index contributed by atoms with van der Waals surface area (Å²) in [6.45, 7) is 3.11. The fourth-order valence-electron chi connectivity index (χ4n) is 2.64. The molecule has 1 aliphatic rings. The number of hydrogen-bond donors (Lipinski definition) is 2. The highest BCUT2D eigenvalue weighted by Gasteiger charge is 2.22. The minimum atomic E-state index is -0.307. The van der Waals surface area contributed by atoms with Gasteiger partial charge >= 0.3 is 0 Å². The molecule has 0 bridgehead atoms. The van der Waals surface area contributed by atoms with Crippen molar-refractivity contribution in [3.8, 4) is 17.2 Å². The van der Waals surface area contributed by atoms with Gasteiger partial charge in [0, 0.05) is 6.42 Å². The lowest BCUT2D eigenvalue weighted by molar-refractivity contribution is -0.115. The average molecular weight is 467 g/mol. The van der Waals surface area contributed by atoms with Gasteiger partial charge in [-0.2, -0.15) is 0 Å². The van der Waals surface area contributed by atoms with Crippen LogP contribution in [0.4, 0.5) is 0 Å². The Kier molecular flexibility index (Phi) is 7.90. The molecule has 0 atom stereocenters. The Bertz CT molecular complexity index is 981. The third kappa shape index (κ3) is 5.84. The maximum absolute atomic E-state index is 11.8. The molecular formula is C21H20Cl2N2O4S. The first-order valence-electron chi connectivity index (χ1n) is 9.24. The van der Waals surface area contributed by atoms with Gasteiger partial charge in [0.15, 0.2) is 16.7 Å². The SMILES string of the molecule is CCOc1cc(C=C2SC(=N)NC2=O)cc(Cl)c1OCCCOc1ccccc1Cl. The molecule has 6 nitrogen and oxygen atoms in total. The van der Waals surface area contributed by atoms with E-state index in [1.807, 2.05) is 25.1 Å². The summed E-state index contributed by atoms with van der Waals surface area (Å²) in [5.41, 5.74) is 0.685. The predicted molar refractivity (Wildman–Crippen MR) is 121 cm³/mol. The Morgan fingerprint density at radius 1 is 1.07 bits per heavy atom. The lowest BCUT2D eigenvalue weighted by Gasteiger charge is -2.15. The summed E-state index contributed by atoms with van der Waals surface area (Å²) < 4.78 is 17.2. The number of amides is 1. The van der Waals surface area contributed by atoms with Crippen LogP contribution in [0.1, 0.15) is 18.9 Å². The highest BCUT2D eigenvalue weighted by Crippen LogP contribution is 2.38. The van der Waals surface area contributed by atoms with E-state index in [-0.39, 0.29) is 11.1 Å².